The molecule has 0 atom stereocenters. The Kier molecular flexibility index (Phi) is 4.33. The summed E-state index contributed by atoms with van der Waals surface area (Å²) in [6, 6.07) is 15.5. The fourth-order valence-corrected chi connectivity index (χ4v) is 2.71. The summed E-state index contributed by atoms with van der Waals surface area (Å²) in [4.78, 5) is 12.0. The highest BCUT2D eigenvalue weighted by Crippen LogP contribution is 2.25. The maximum Gasteiger partial charge on any atom is 0.341 e. The maximum absolute atomic E-state index is 12.0. The number of methoxy groups -OCH3 is 2. The molecule has 3 rings (SSSR count). The number of carbonyl (C=O) groups is 1. The second-order valence-electron chi connectivity index (χ2n) is 5.24. The van der Waals surface area contributed by atoms with Crippen molar-refractivity contribution >= 4 is 16.9 Å². The Morgan fingerprint density at radius 1 is 1.04 bits per heavy atom. The van der Waals surface area contributed by atoms with Gasteiger partial charge in [0.05, 0.1) is 14.2 Å². The first-order valence-electron chi connectivity index (χ1n) is 7.44. The van der Waals surface area contributed by atoms with Crippen molar-refractivity contribution < 1.29 is 18.7 Å². The molecule has 0 radical (unpaired) electrons. The van der Waals surface area contributed by atoms with E-state index in [-0.39, 0.29) is 5.97 Å². The molecule has 4 heteroatoms. The monoisotopic (exact) mass is 310 g/mol. The molecule has 0 aliphatic rings. The summed E-state index contributed by atoms with van der Waals surface area (Å²) in [6.07, 6.45) is 1.37. The number of rotatable bonds is 5. The molecule has 0 unspecified atom stereocenters. The second kappa shape index (κ2) is 6.57. The molecule has 0 saturated heterocycles. The summed E-state index contributed by atoms with van der Waals surface area (Å²) in [5.41, 5.74) is 2.24. The van der Waals surface area contributed by atoms with Crippen LogP contribution in [0.3, 0.4) is 0 Å². The van der Waals surface area contributed by atoms with Crippen LogP contribution in [0.4, 0.5) is 0 Å². The molecule has 0 aliphatic carbocycles. The first-order valence-corrected chi connectivity index (χ1v) is 7.44. The van der Waals surface area contributed by atoms with Crippen LogP contribution in [0, 0.1) is 0 Å². The molecule has 0 N–H and O–H groups in total. The standard InChI is InChI=1S/C19H18O4/c1-21-17-9-5-7-13(18(17)19(20)22-2)10-11-15-12-14-6-3-4-8-16(14)23-15/h3-9,12H,10-11H2,1-2H3. The van der Waals surface area contributed by atoms with E-state index in [1.807, 2.05) is 42.5 Å². The van der Waals surface area contributed by atoms with E-state index in [0.29, 0.717) is 24.2 Å². The summed E-state index contributed by atoms with van der Waals surface area (Å²) < 4.78 is 16.0. The van der Waals surface area contributed by atoms with Gasteiger partial charge < -0.3 is 13.9 Å². The summed E-state index contributed by atoms with van der Waals surface area (Å²) in [5.74, 6) is 1.03. The molecule has 1 heterocycles. The van der Waals surface area contributed by atoms with Crippen LogP contribution >= 0.6 is 0 Å². The van der Waals surface area contributed by atoms with Crippen LogP contribution in [-0.4, -0.2) is 20.2 Å². The van der Waals surface area contributed by atoms with Crippen molar-refractivity contribution in [3.63, 3.8) is 0 Å². The number of hydrogen-bond donors (Lipinski definition) is 0. The van der Waals surface area contributed by atoms with E-state index < -0.39 is 0 Å². The molecule has 0 amide bonds. The number of para-hydroxylation sites is 1. The fourth-order valence-electron chi connectivity index (χ4n) is 2.71. The molecule has 4 nitrogen and oxygen atoms in total. The van der Waals surface area contributed by atoms with Crippen molar-refractivity contribution in [3.05, 3.63) is 65.4 Å². The molecular weight excluding hydrogens is 292 g/mol. The van der Waals surface area contributed by atoms with Crippen LogP contribution in [0.15, 0.2) is 52.9 Å². The number of furan rings is 1. The van der Waals surface area contributed by atoms with Crippen molar-refractivity contribution in [2.45, 2.75) is 12.8 Å². The number of carbonyl (C=O) groups excluding carboxylic acids is 1. The zero-order valence-corrected chi connectivity index (χ0v) is 13.2. The van der Waals surface area contributed by atoms with E-state index in [1.54, 1.807) is 13.2 Å². The van der Waals surface area contributed by atoms with Gasteiger partial charge in [0.25, 0.3) is 0 Å². The van der Waals surface area contributed by atoms with Crippen molar-refractivity contribution in [1.29, 1.82) is 0 Å². The Hall–Kier alpha value is -2.75. The van der Waals surface area contributed by atoms with Crippen LogP contribution in [0.1, 0.15) is 21.7 Å². The third-order valence-corrected chi connectivity index (χ3v) is 3.84. The van der Waals surface area contributed by atoms with Gasteiger partial charge in [-0.15, -0.1) is 0 Å². The Bertz CT molecular complexity index is 799. The van der Waals surface area contributed by atoms with Gasteiger partial charge in [-0.05, 0) is 30.2 Å². The largest absolute Gasteiger partial charge is 0.496 e. The summed E-state index contributed by atoms with van der Waals surface area (Å²) >= 11 is 0. The van der Waals surface area contributed by atoms with Gasteiger partial charge in [0.2, 0.25) is 0 Å². The lowest BCUT2D eigenvalue weighted by Crippen LogP contribution is -2.09. The third kappa shape index (κ3) is 3.06. The predicted octanol–water partition coefficient (Wildman–Crippen LogP) is 4.01. The van der Waals surface area contributed by atoms with E-state index in [9.17, 15) is 4.79 Å². The maximum atomic E-state index is 12.0. The zero-order chi connectivity index (χ0) is 16.2. The summed E-state index contributed by atoms with van der Waals surface area (Å²) in [7, 11) is 2.92. The SMILES string of the molecule is COC(=O)c1c(CCc2cc3ccccc3o2)cccc1OC. The predicted molar refractivity (Wildman–Crippen MR) is 88.0 cm³/mol. The average Bonchev–Trinajstić information content (AvgIpc) is 3.01. The number of benzene rings is 2. The molecular formula is C19H18O4. The van der Waals surface area contributed by atoms with E-state index in [2.05, 4.69) is 0 Å². The molecule has 0 spiro atoms. The van der Waals surface area contributed by atoms with Crippen molar-refractivity contribution in [3.8, 4) is 5.75 Å². The summed E-state index contributed by atoms with van der Waals surface area (Å²) in [6.45, 7) is 0. The quantitative estimate of drug-likeness (QED) is 0.668. The Morgan fingerprint density at radius 2 is 1.87 bits per heavy atom. The van der Waals surface area contributed by atoms with Gasteiger partial charge in [0.15, 0.2) is 0 Å². The van der Waals surface area contributed by atoms with Crippen molar-refractivity contribution in [2.75, 3.05) is 14.2 Å². The smallest absolute Gasteiger partial charge is 0.341 e. The zero-order valence-electron chi connectivity index (χ0n) is 13.2. The molecule has 118 valence electrons. The highest BCUT2D eigenvalue weighted by atomic mass is 16.5. The minimum absolute atomic E-state index is 0.387. The lowest BCUT2D eigenvalue weighted by Gasteiger charge is -2.11. The topological polar surface area (TPSA) is 48.7 Å². The van der Waals surface area contributed by atoms with Crippen LogP contribution < -0.4 is 4.74 Å². The first kappa shape index (κ1) is 15.2. The highest BCUT2D eigenvalue weighted by molar-refractivity contribution is 5.94. The average molecular weight is 310 g/mol. The molecule has 0 fully saturated rings. The highest BCUT2D eigenvalue weighted by Gasteiger charge is 2.18. The number of ether oxygens (including phenoxy) is 2. The molecule has 3 aromatic rings. The van der Waals surface area contributed by atoms with Crippen molar-refractivity contribution in [2.24, 2.45) is 0 Å². The molecule has 2 aromatic carbocycles. The van der Waals surface area contributed by atoms with Crippen LogP contribution in [0.5, 0.6) is 5.75 Å². The van der Waals surface area contributed by atoms with Gasteiger partial charge >= 0.3 is 5.97 Å². The Balaban J connectivity index is 1.86. The Labute approximate surface area is 134 Å². The number of fused-ring (bicyclic) bond motifs is 1. The number of hydrogen-bond acceptors (Lipinski definition) is 4. The molecule has 23 heavy (non-hydrogen) atoms. The van der Waals surface area contributed by atoms with Gasteiger partial charge in [-0.3, -0.25) is 0 Å². The third-order valence-electron chi connectivity index (χ3n) is 3.84. The first-order chi connectivity index (χ1) is 11.2. The van der Waals surface area contributed by atoms with E-state index >= 15 is 0 Å². The van der Waals surface area contributed by atoms with Gasteiger partial charge in [-0.2, -0.15) is 0 Å². The molecule has 0 bridgehead atoms. The molecule has 0 aliphatic heterocycles. The summed E-state index contributed by atoms with van der Waals surface area (Å²) in [5, 5.41) is 1.08. The van der Waals surface area contributed by atoms with E-state index in [4.69, 9.17) is 13.9 Å². The van der Waals surface area contributed by atoms with Gasteiger partial charge in [0, 0.05) is 11.8 Å². The fraction of sp³-hybridized carbons (Fsp3) is 0.211. The van der Waals surface area contributed by atoms with Crippen LogP contribution in [0.25, 0.3) is 11.0 Å². The lowest BCUT2D eigenvalue weighted by molar-refractivity contribution is 0.0595. The molecule has 1 aromatic heterocycles. The van der Waals surface area contributed by atoms with Crippen molar-refractivity contribution in [1.82, 2.24) is 0 Å². The van der Waals surface area contributed by atoms with Crippen LogP contribution in [0.2, 0.25) is 0 Å². The molecule has 0 saturated carbocycles. The number of aryl methyl sites for hydroxylation is 2. The minimum Gasteiger partial charge on any atom is -0.496 e. The van der Waals surface area contributed by atoms with Gasteiger partial charge in [0.1, 0.15) is 22.7 Å². The van der Waals surface area contributed by atoms with Crippen LogP contribution in [-0.2, 0) is 17.6 Å². The normalized spacial score (nSPS) is 10.7. The number of esters is 1. The van der Waals surface area contributed by atoms with E-state index in [0.717, 1.165) is 22.3 Å². The second-order valence-corrected chi connectivity index (χ2v) is 5.24. The van der Waals surface area contributed by atoms with Gasteiger partial charge in [-0.25, -0.2) is 4.79 Å². The van der Waals surface area contributed by atoms with E-state index in [1.165, 1.54) is 7.11 Å². The van der Waals surface area contributed by atoms with Gasteiger partial charge in [-0.1, -0.05) is 30.3 Å². The minimum atomic E-state index is -0.387. The lowest BCUT2D eigenvalue weighted by atomic mass is 10.0. The Morgan fingerprint density at radius 3 is 2.61 bits per heavy atom.